The van der Waals surface area contributed by atoms with Crippen LogP contribution >= 0.6 is 0 Å². The van der Waals surface area contributed by atoms with Crippen molar-refractivity contribution >= 4 is 5.97 Å². The highest BCUT2D eigenvalue weighted by atomic mass is 16.4. The Labute approximate surface area is 113 Å². The van der Waals surface area contributed by atoms with Crippen molar-refractivity contribution in [1.29, 1.82) is 0 Å². The first-order valence-electron chi connectivity index (χ1n) is 6.18. The van der Waals surface area contributed by atoms with Gasteiger partial charge >= 0.3 is 5.97 Å². The largest absolute Gasteiger partial charge is 0.872 e. The number of carboxylic acids is 1. The van der Waals surface area contributed by atoms with Gasteiger partial charge < -0.3 is 15.3 Å². The van der Waals surface area contributed by atoms with Crippen LogP contribution in [0, 0.1) is 0 Å². The lowest BCUT2D eigenvalue weighted by Crippen LogP contribution is -2.21. The lowest BCUT2D eigenvalue weighted by Gasteiger charge is -2.32. The van der Waals surface area contributed by atoms with E-state index in [0.29, 0.717) is 11.1 Å². The summed E-state index contributed by atoms with van der Waals surface area (Å²) >= 11 is 0. The predicted molar refractivity (Wildman–Crippen MR) is 71.9 cm³/mol. The zero-order valence-corrected chi connectivity index (χ0v) is 12.3. The van der Waals surface area contributed by atoms with Crippen molar-refractivity contribution in [2.75, 3.05) is 0 Å². The maximum Gasteiger partial charge on any atom is 0.338 e. The first-order chi connectivity index (χ1) is 8.37. The van der Waals surface area contributed by atoms with Crippen LogP contribution in [0.1, 0.15) is 63.0 Å². The van der Waals surface area contributed by atoms with E-state index in [1.54, 1.807) is 6.07 Å². The Balaban J connectivity index is 3.81. The minimum atomic E-state index is -1.39. The highest BCUT2D eigenvalue weighted by molar-refractivity contribution is 5.95. The molecule has 0 aliphatic rings. The third kappa shape index (κ3) is 2.83. The minimum absolute atomic E-state index is 0.410. The van der Waals surface area contributed by atoms with Crippen molar-refractivity contribution in [3.63, 3.8) is 0 Å². The molecule has 0 spiro atoms. The Bertz CT molecular complexity index is 478. The number of phenols is 1. The minimum Gasteiger partial charge on any atom is -0.872 e. The van der Waals surface area contributed by atoms with E-state index in [0.717, 1.165) is 0 Å². The molecule has 0 aliphatic heterocycles. The van der Waals surface area contributed by atoms with Crippen LogP contribution in [0.2, 0.25) is 0 Å². The van der Waals surface area contributed by atoms with Crippen LogP contribution in [0.15, 0.2) is 6.07 Å². The van der Waals surface area contributed by atoms with E-state index in [1.807, 2.05) is 41.5 Å². The van der Waals surface area contributed by atoms with Crippen molar-refractivity contribution in [3.8, 4) is 11.5 Å². The molecular formula is C15H21O4-. The first-order valence-corrected chi connectivity index (χ1v) is 6.18. The van der Waals surface area contributed by atoms with E-state index in [4.69, 9.17) is 5.11 Å². The second-order valence-electron chi connectivity index (χ2n) is 6.83. The average molecular weight is 265 g/mol. The molecule has 0 fully saturated rings. The van der Waals surface area contributed by atoms with Gasteiger partial charge in [0.05, 0.1) is 5.56 Å². The number of rotatable bonds is 1. The second kappa shape index (κ2) is 4.44. The molecule has 0 bridgehead atoms. The summed E-state index contributed by atoms with van der Waals surface area (Å²) in [7, 11) is 0. The van der Waals surface area contributed by atoms with E-state index in [1.165, 1.54) is 0 Å². The normalized spacial score (nSPS) is 12.5. The maximum absolute atomic E-state index is 12.2. The van der Waals surface area contributed by atoms with Crippen molar-refractivity contribution < 1.29 is 20.1 Å². The summed E-state index contributed by atoms with van der Waals surface area (Å²) < 4.78 is 0. The van der Waals surface area contributed by atoms with Gasteiger partial charge in [-0.15, -0.1) is 0 Å². The first kappa shape index (κ1) is 15.3. The standard InChI is InChI=1S/C15H22O4/c1-14(2,3)8-7-9(15(4,5)6)12(17)10(11(8)16)13(18)19/h7,16-17H,1-6H3,(H,18,19)/p-1. The van der Waals surface area contributed by atoms with Crippen LogP contribution in [-0.2, 0) is 10.8 Å². The van der Waals surface area contributed by atoms with Gasteiger partial charge in [-0.2, -0.15) is 0 Å². The third-order valence-electron chi connectivity index (χ3n) is 3.08. The fraction of sp³-hybridized carbons (Fsp3) is 0.533. The Kier molecular flexibility index (Phi) is 3.59. The molecule has 0 heterocycles. The SMILES string of the molecule is CC(C)(C)c1cc(C(C)(C)C)c(O)c(C(=O)O)c1[O-]. The molecular weight excluding hydrogens is 244 g/mol. The zero-order valence-electron chi connectivity index (χ0n) is 12.3. The molecule has 106 valence electrons. The van der Waals surface area contributed by atoms with Crippen LogP contribution in [-0.4, -0.2) is 16.2 Å². The number of aromatic carboxylic acids is 1. The quantitative estimate of drug-likeness (QED) is 0.818. The van der Waals surface area contributed by atoms with Gasteiger partial charge in [0.25, 0.3) is 0 Å². The molecule has 4 nitrogen and oxygen atoms in total. The van der Waals surface area contributed by atoms with Gasteiger partial charge in [0.1, 0.15) is 5.75 Å². The molecule has 19 heavy (non-hydrogen) atoms. The third-order valence-corrected chi connectivity index (χ3v) is 3.08. The lowest BCUT2D eigenvalue weighted by molar-refractivity contribution is -0.270. The molecule has 0 amide bonds. The fourth-order valence-electron chi connectivity index (χ4n) is 1.98. The van der Waals surface area contributed by atoms with Gasteiger partial charge in [0.2, 0.25) is 0 Å². The number of hydrogen-bond donors (Lipinski definition) is 2. The highest BCUT2D eigenvalue weighted by Gasteiger charge is 2.28. The van der Waals surface area contributed by atoms with Crippen LogP contribution in [0.5, 0.6) is 11.5 Å². The van der Waals surface area contributed by atoms with Crippen LogP contribution in [0.25, 0.3) is 0 Å². The number of carboxylic acid groups (broad SMARTS) is 1. The summed E-state index contributed by atoms with van der Waals surface area (Å²) in [5.74, 6) is -2.41. The number of hydrogen-bond acceptors (Lipinski definition) is 3. The Morgan fingerprint density at radius 2 is 1.47 bits per heavy atom. The average Bonchev–Trinajstić information content (AvgIpc) is 2.12. The monoisotopic (exact) mass is 265 g/mol. The highest BCUT2D eigenvalue weighted by Crippen LogP contribution is 2.42. The van der Waals surface area contributed by atoms with E-state index >= 15 is 0 Å². The summed E-state index contributed by atoms with van der Waals surface area (Å²) in [6, 6.07) is 1.63. The van der Waals surface area contributed by atoms with E-state index < -0.39 is 33.9 Å². The number of aromatic hydroxyl groups is 1. The van der Waals surface area contributed by atoms with Gasteiger partial charge in [-0.3, -0.25) is 0 Å². The number of benzene rings is 1. The number of carbonyl (C=O) groups is 1. The van der Waals surface area contributed by atoms with Gasteiger partial charge in [0, 0.05) is 5.56 Å². The van der Waals surface area contributed by atoms with E-state index in [9.17, 15) is 15.0 Å². The summed E-state index contributed by atoms with van der Waals surface area (Å²) in [6.07, 6.45) is 0. The fourth-order valence-corrected chi connectivity index (χ4v) is 1.98. The van der Waals surface area contributed by atoms with Gasteiger partial charge in [-0.25, -0.2) is 4.79 Å². The Morgan fingerprint density at radius 3 is 1.79 bits per heavy atom. The molecule has 0 unspecified atom stereocenters. The smallest absolute Gasteiger partial charge is 0.338 e. The molecule has 0 aromatic heterocycles. The molecule has 0 aliphatic carbocycles. The summed E-state index contributed by atoms with van der Waals surface area (Å²) in [5.41, 5.74) is -0.559. The zero-order chi connectivity index (χ0) is 15.2. The summed E-state index contributed by atoms with van der Waals surface area (Å²) in [6.45, 7) is 11.1. The van der Waals surface area contributed by atoms with Gasteiger partial charge in [0.15, 0.2) is 0 Å². The molecule has 0 saturated heterocycles. The molecule has 0 saturated carbocycles. The second-order valence-corrected chi connectivity index (χ2v) is 6.83. The summed E-state index contributed by atoms with van der Waals surface area (Å²) in [5, 5.41) is 31.5. The lowest BCUT2D eigenvalue weighted by atomic mass is 9.78. The molecule has 1 aromatic carbocycles. The van der Waals surface area contributed by atoms with Crippen LogP contribution < -0.4 is 5.11 Å². The summed E-state index contributed by atoms with van der Waals surface area (Å²) in [4.78, 5) is 11.2. The van der Waals surface area contributed by atoms with Crippen molar-refractivity contribution in [2.24, 2.45) is 0 Å². The topological polar surface area (TPSA) is 80.6 Å². The molecule has 4 heteroatoms. The van der Waals surface area contributed by atoms with Gasteiger partial charge in [-0.1, -0.05) is 53.4 Å². The predicted octanol–water partition coefficient (Wildman–Crippen LogP) is 2.76. The maximum atomic E-state index is 12.2. The Morgan fingerprint density at radius 1 is 1.05 bits per heavy atom. The van der Waals surface area contributed by atoms with Crippen molar-refractivity contribution in [2.45, 2.75) is 52.4 Å². The van der Waals surface area contributed by atoms with Crippen LogP contribution in [0.3, 0.4) is 0 Å². The Hall–Kier alpha value is -1.71. The molecule has 0 radical (unpaired) electrons. The van der Waals surface area contributed by atoms with E-state index in [2.05, 4.69) is 0 Å². The molecule has 1 aromatic rings. The van der Waals surface area contributed by atoms with Crippen LogP contribution in [0.4, 0.5) is 0 Å². The van der Waals surface area contributed by atoms with Crippen molar-refractivity contribution in [3.05, 3.63) is 22.8 Å². The molecule has 1 rings (SSSR count). The molecule has 0 atom stereocenters. The van der Waals surface area contributed by atoms with E-state index in [-0.39, 0.29) is 0 Å². The van der Waals surface area contributed by atoms with Crippen molar-refractivity contribution in [1.82, 2.24) is 0 Å². The van der Waals surface area contributed by atoms with Gasteiger partial charge in [-0.05, 0) is 16.4 Å². The molecule has 2 N–H and O–H groups in total.